The number of hydrogen-bond acceptors (Lipinski definition) is 5. The van der Waals surface area contributed by atoms with E-state index in [2.05, 4.69) is 9.46 Å². The summed E-state index contributed by atoms with van der Waals surface area (Å²) in [6.45, 7) is -0.214. The molecule has 1 aliphatic rings. The lowest BCUT2D eigenvalue weighted by molar-refractivity contribution is -0.142. The summed E-state index contributed by atoms with van der Waals surface area (Å²) >= 11 is 0. The van der Waals surface area contributed by atoms with Gasteiger partial charge in [-0.3, -0.25) is 4.72 Å². The van der Waals surface area contributed by atoms with Crippen LogP contribution in [-0.2, 0) is 19.6 Å². The van der Waals surface area contributed by atoms with Crippen molar-refractivity contribution in [3.63, 3.8) is 0 Å². The summed E-state index contributed by atoms with van der Waals surface area (Å²) in [5, 5.41) is 0. The number of anilines is 1. The maximum Gasteiger partial charge on any atom is 0.343 e. The van der Waals surface area contributed by atoms with Crippen LogP contribution < -0.4 is 9.46 Å². The molecule has 6 nitrogen and oxygen atoms in total. The molecule has 1 aromatic rings. The SMILES string of the molecule is COC(=O)COc1cccc(NS(=O)(=O)CC2CC2)c1. The van der Waals surface area contributed by atoms with Crippen molar-refractivity contribution in [1.29, 1.82) is 0 Å². The fraction of sp³-hybridized carbons (Fsp3) is 0.462. The average molecular weight is 299 g/mol. The summed E-state index contributed by atoms with van der Waals surface area (Å²) in [5.74, 6) is 0.346. The quantitative estimate of drug-likeness (QED) is 0.769. The summed E-state index contributed by atoms with van der Waals surface area (Å²) in [6.07, 6.45) is 1.95. The Morgan fingerprint density at radius 2 is 2.15 bits per heavy atom. The van der Waals surface area contributed by atoms with Crippen LogP contribution in [0.4, 0.5) is 5.69 Å². The maximum atomic E-state index is 11.8. The summed E-state index contributed by atoms with van der Waals surface area (Å²) in [5.41, 5.74) is 0.424. The molecule has 1 saturated carbocycles. The van der Waals surface area contributed by atoms with Gasteiger partial charge in [-0.2, -0.15) is 0 Å². The third-order valence-electron chi connectivity index (χ3n) is 2.84. The number of carbonyl (C=O) groups is 1. The van der Waals surface area contributed by atoms with Gasteiger partial charge in [-0.25, -0.2) is 13.2 Å². The van der Waals surface area contributed by atoms with Gasteiger partial charge in [0.1, 0.15) is 5.75 Å². The van der Waals surface area contributed by atoms with E-state index in [9.17, 15) is 13.2 Å². The van der Waals surface area contributed by atoms with E-state index >= 15 is 0 Å². The van der Waals surface area contributed by atoms with Gasteiger partial charge in [0.2, 0.25) is 10.0 Å². The third kappa shape index (κ3) is 4.73. The molecule has 1 N–H and O–H groups in total. The molecule has 110 valence electrons. The average Bonchev–Trinajstić information content (AvgIpc) is 3.18. The zero-order chi connectivity index (χ0) is 14.6. The zero-order valence-corrected chi connectivity index (χ0v) is 12.0. The number of carbonyl (C=O) groups excluding carboxylic acids is 1. The Bertz CT molecular complexity index is 580. The van der Waals surface area contributed by atoms with Gasteiger partial charge in [0.05, 0.1) is 18.6 Å². The van der Waals surface area contributed by atoms with Crippen molar-refractivity contribution >= 4 is 21.7 Å². The molecule has 0 saturated heterocycles. The van der Waals surface area contributed by atoms with Crippen molar-refractivity contribution in [3.05, 3.63) is 24.3 Å². The Morgan fingerprint density at radius 1 is 1.40 bits per heavy atom. The van der Waals surface area contributed by atoms with Crippen LogP contribution in [-0.4, -0.2) is 33.9 Å². The fourth-order valence-corrected chi connectivity index (χ4v) is 3.19. The number of sulfonamides is 1. The lowest BCUT2D eigenvalue weighted by atomic mass is 10.3. The summed E-state index contributed by atoms with van der Waals surface area (Å²) in [7, 11) is -2.05. The molecule has 0 atom stereocenters. The third-order valence-corrected chi connectivity index (χ3v) is 4.30. The Balaban J connectivity index is 1.96. The molecule has 20 heavy (non-hydrogen) atoms. The number of rotatable bonds is 7. The number of ether oxygens (including phenoxy) is 2. The van der Waals surface area contributed by atoms with Crippen molar-refractivity contribution in [2.75, 3.05) is 24.2 Å². The highest BCUT2D eigenvalue weighted by molar-refractivity contribution is 7.92. The molecule has 0 radical (unpaired) electrons. The highest BCUT2D eigenvalue weighted by atomic mass is 32.2. The number of methoxy groups -OCH3 is 1. The van der Waals surface area contributed by atoms with E-state index in [-0.39, 0.29) is 18.3 Å². The number of nitrogens with one attached hydrogen (secondary N) is 1. The van der Waals surface area contributed by atoms with E-state index in [4.69, 9.17) is 4.74 Å². The molecule has 0 aliphatic heterocycles. The lowest BCUT2D eigenvalue weighted by Crippen LogP contribution is -2.18. The van der Waals surface area contributed by atoms with Gasteiger partial charge >= 0.3 is 5.97 Å². The fourth-order valence-electron chi connectivity index (χ4n) is 1.67. The van der Waals surface area contributed by atoms with E-state index in [0.717, 1.165) is 12.8 Å². The Hall–Kier alpha value is -1.76. The molecule has 0 heterocycles. The highest BCUT2D eigenvalue weighted by Crippen LogP contribution is 2.30. The minimum atomic E-state index is -3.32. The van der Waals surface area contributed by atoms with Gasteiger partial charge in [-0.1, -0.05) is 6.07 Å². The van der Waals surface area contributed by atoms with Crippen LogP contribution in [0.3, 0.4) is 0 Å². The second-order valence-electron chi connectivity index (χ2n) is 4.72. The molecule has 0 bridgehead atoms. The van der Waals surface area contributed by atoms with Gasteiger partial charge in [0.25, 0.3) is 0 Å². The van der Waals surface area contributed by atoms with Crippen LogP contribution in [0.25, 0.3) is 0 Å². The minimum Gasteiger partial charge on any atom is -0.482 e. The molecular weight excluding hydrogens is 282 g/mol. The van der Waals surface area contributed by atoms with Gasteiger partial charge in [-0.15, -0.1) is 0 Å². The molecular formula is C13H17NO5S. The smallest absolute Gasteiger partial charge is 0.343 e. The van der Waals surface area contributed by atoms with Crippen LogP contribution in [0, 0.1) is 5.92 Å². The second-order valence-corrected chi connectivity index (χ2v) is 6.49. The molecule has 0 spiro atoms. The molecule has 1 aliphatic carbocycles. The van der Waals surface area contributed by atoms with E-state index in [1.54, 1.807) is 18.2 Å². The molecule has 7 heteroatoms. The first-order valence-corrected chi connectivity index (χ1v) is 7.94. The standard InChI is InChI=1S/C13H17NO5S/c1-18-13(15)8-19-12-4-2-3-11(7-12)14-20(16,17)9-10-5-6-10/h2-4,7,10,14H,5-6,8-9H2,1H3. The van der Waals surface area contributed by atoms with Crippen LogP contribution in [0.2, 0.25) is 0 Å². The normalized spacial score (nSPS) is 14.7. The van der Waals surface area contributed by atoms with Crippen LogP contribution in [0.5, 0.6) is 5.75 Å². The van der Waals surface area contributed by atoms with Crippen molar-refractivity contribution in [2.45, 2.75) is 12.8 Å². The summed E-state index contributed by atoms with van der Waals surface area (Å²) in [4.78, 5) is 11.0. The Labute approximate surface area is 118 Å². The molecule has 1 aromatic carbocycles. The van der Waals surface area contributed by atoms with E-state index < -0.39 is 16.0 Å². The zero-order valence-electron chi connectivity index (χ0n) is 11.2. The number of esters is 1. The molecule has 0 amide bonds. The predicted molar refractivity (Wildman–Crippen MR) is 74.1 cm³/mol. The van der Waals surface area contributed by atoms with Crippen LogP contribution in [0.15, 0.2) is 24.3 Å². The summed E-state index contributed by atoms with van der Waals surface area (Å²) < 4.78 is 35.9. The van der Waals surface area contributed by atoms with Crippen molar-refractivity contribution in [3.8, 4) is 5.75 Å². The number of benzene rings is 1. The van der Waals surface area contributed by atoms with Gasteiger partial charge in [0.15, 0.2) is 6.61 Å². The first kappa shape index (κ1) is 14.6. The number of hydrogen-bond donors (Lipinski definition) is 1. The highest BCUT2D eigenvalue weighted by Gasteiger charge is 2.27. The maximum absolute atomic E-state index is 11.8. The first-order chi connectivity index (χ1) is 9.48. The van der Waals surface area contributed by atoms with E-state index in [0.29, 0.717) is 11.4 Å². The minimum absolute atomic E-state index is 0.153. The first-order valence-electron chi connectivity index (χ1n) is 6.29. The molecule has 2 rings (SSSR count). The van der Waals surface area contributed by atoms with E-state index in [1.165, 1.54) is 13.2 Å². The van der Waals surface area contributed by atoms with Crippen molar-refractivity contribution in [1.82, 2.24) is 0 Å². The van der Waals surface area contributed by atoms with Crippen LogP contribution >= 0.6 is 0 Å². The van der Waals surface area contributed by atoms with Crippen molar-refractivity contribution < 1.29 is 22.7 Å². The summed E-state index contributed by atoms with van der Waals surface area (Å²) in [6, 6.07) is 6.46. The molecule has 0 aromatic heterocycles. The van der Waals surface area contributed by atoms with Crippen molar-refractivity contribution in [2.24, 2.45) is 5.92 Å². The van der Waals surface area contributed by atoms with E-state index in [1.807, 2.05) is 0 Å². The monoisotopic (exact) mass is 299 g/mol. The molecule has 1 fully saturated rings. The van der Waals surface area contributed by atoms with Gasteiger partial charge < -0.3 is 9.47 Å². The topological polar surface area (TPSA) is 81.7 Å². The van der Waals surface area contributed by atoms with Crippen LogP contribution in [0.1, 0.15) is 12.8 Å². The van der Waals surface area contributed by atoms with Gasteiger partial charge in [-0.05, 0) is 30.9 Å². The largest absolute Gasteiger partial charge is 0.482 e. The molecule has 0 unspecified atom stereocenters. The van der Waals surface area contributed by atoms with Gasteiger partial charge in [0, 0.05) is 6.07 Å². The second kappa shape index (κ2) is 6.13. The Kier molecular flexibility index (Phi) is 4.49. The lowest BCUT2D eigenvalue weighted by Gasteiger charge is -2.09. The Morgan fingerprint density at radius 3 is 2.80 bits per heavy atom. The predicted octanol–water partition coefficient (Wildman–Crippen LogP) is 1.39.